The Morgan fingerprint density at radius 1 is 0.879 bits per heavy atom. The number of rotatable bonds is 8. The number of halogens is 3. The van der Waals surface area contributed by atoms with Crippen molar-refractivity contribution in [1.82, 2.24) is 5.32 Å². The highest BCUT2D eigenvalue weighted by Crippen LogP contribution is 2.35. The molecule has 1 unspecified atom stereocenters. The van der Waals surface area contributed by atoms with Crippen molar-refractivity contribution in [2.75, 3.05) is 4.72 Å². The van der Waals surface area contributed by atoms with Crippen LogP contribution >= 0.6 is 46.8 Å². The van der Waals surface area contributed by atoms with Gasteiger partial charge >= 0.3 is 5.97 Å². The van der Waals surface area contributed by atoms with E-state index in [9.17, 15) is 14.7 Å². The molecule has 0 radical (unpaired) electrons. The molecule has 0 spiro atoms. The minimum absolute atomic E-state index is 0.224. The molecule has 0 saturated heterocycles. The molecular formula is C24H21Cl3N2O3S. The number of hydrogen-bond acceptors (Lipinski definition) is 4. The lowest BCUT2D eigenvalue weighted by Gasteiger charge is -2.18. The lowest BCUT2D eigenvalue weighted by Crippen LogP contribution is -2.44. The molecule has 0 saturated carbocycles. The Balaban J connectivity index is 1.71. The van der Waals surface area contributed by atoms with Crippen LogP contribution in [0.25, 0.3) is 11.1 Å². The summed E-state index contributed by atoms with van der Waals surface area (Å²) < 4.78 is 3.24. The van der Waals surface area contributed by atoms with Crippen LogP contribution < -0.4 is 10.0 Å². The fraction of sp³-hybridized carbons (Fsp3) is 0.167. The van der Waals surface area contributed by atoms with Crippen LogP contribution in [0.1, 0.15) is 24.2 Å². The van der Waals surface area contributed by atoms with Crippen molar-refractivity contribution in [1.29, 1.82) is 0 Å². The highest BCUT2D eigenvalue weighted by Gasteiger charge is 2.23. The van der Waals surface area contributed by atoms with Crippen molar-refractivity contribution in [3.05, 3.63) is 81.3 Å². The van der Waals surface area contributed by atoms with E-state index in [0.717, 1.165) is 21.7 Å². The summed E-state index contributed by atoms with van der Waals surface area (Å²) in [6.07, 6.45) is 0. The number of hydrogen-bond donors (Lipinski definition) is 3. The Morgan fingerprint density at radius 3 is 2.18 bits per heavy atom. The Morgan fingerprint density at radius 2 is 1.55 bits per heavy atom. The second kappa shape index (κ2) is 11.2. The number of benzene rings is 3. The minimum Gasteiger partial charge on any atom is -0.480 e. The number of aliphatic carboxylic acids is 1. The minimum atomic E-state index is -1.06. The van der Waals surface area contributed by atoms with Gasteiger partial charge in [0.05, 0.1) is 15.1 Å². The van der Waals surface area contributed by atoms with Crippen LogP contribution in [0.5, 0.6) is 0 Å². The molecule has 33 heavy (non-hydrogen) atoms. The summed E-state index contributed by atoms with van der Waals surface area (Å²) in [6.45, 7) is 3.49. The molecule has 3 N–H and O–H groups in total. The third kappa shape index (κ3) is 6.58. The lowest BCUT2D eigenvalue weighted by atomic mass is 10.0. The number of anilines is 1. The third-order valence-corrected chi connectivity index (χ3v) is 6.86. The molecule has 3 aromatic carbocycles. The molecule has 0 aliphatic rings. The number of carbonyl (C=O) groups is 2. The topological polar surface area (TPSA) is 78.4 Å². The first kappa shape index (κ1) is 25.2. The van der Waals surface area contributed by atoms with Gasteiger partial charge in [-0.2, -0.15) is 0 Å². The Kier molecular flexibility index (Phi) is 8.54. The molecule has 1 amide bonds. The number of nitrogens with one attached hydrogen (secondary N) is 2. The summed E-state index contributed by atoms with van der Waals surface area (Å²) >= 11 is 19.6. The normalized spacial score (nSPS) is 11.8. The maximum absolute atomic E-state index is 12.4. The van der Waals surface area contributed by atoms with Gasteiger partial charge in [-0.25, -0.2) is 4.79 Å². The monoisotopic (exact) mass is 522 g/mol. The largest absolute Gasteiger partial charge is 0.480 e. The second-order valence-corrected chi connectivity index (χ2v) is 9.66. The van der Waals surface area contributed by atoms with Gasteiger partial charge in [-0.15, -0.1) is 0 Å². The first-order valence-corrected chi connectivity index (χ1v) is 11.9. The highest BCUT2D eigenvalue weighted by molar-refractivity contribution is 8.00. The number of carboxylic acids is 1. The summed E-state index contributed by atoms with van der Waals surface area (Å²) in [5.74, 6) is -1.70. The van der Waals surface area contributed by atoms with E-state index < -0.39 is 17.9 Å². The summed E-state index contributed by atoms with van der Waals surface area (Å²) in [7, 11) is 0. The quantitative estimate of drug-likeness (QED) is 0.214. The lowest BCUT2D eigenvalue weighted by molar-refractivity contribution is -0.140. The molecule has 5 nitrogen and oxygen atoms in total. The van der Waals surface area contributed by atoms with Gasteiger partial charge in [-0.05, 0) is 65.4 Å². The van der Waals surface area contributed by atoms with Gasteiger partial charge in [0.2, 0.25) is 0 Å². The highest BCUT2D eigenvalue weighted by atomic mass is 35.5. The smallest absolute Gasteiger partial charge is 0.326 e. The van der Waals surface area contributed by atoms with Crippen LogP contribution in [0.4, 0.5) is 5.69 Å². The van der Waals surface area contributed by atoms with E-state index in [4.69, 9.17) is 34.8 Å². The van der Waals surface area contributed by atoms with Gasteiger partial charge in [-0.3, -0.25) is 4.79 Å². The molecule has 1 atom stereocenters. The van der Waals surface area contributed by atoms with E-state index in [1.165, 1.54) is 11.9 Å². The third-order valence-electron chi connectivity index (χ3n) is 4.82. The Bertz CT molecular complexity index is 1170. The molecule has 0 heterocycles. The molecule has 0 bridgehead atoms. The molecule has 0 aliphatic carbocycles. The van der Waals surface area contributed by atoms with E-state index in [0.29, 0.717) is 20.6 Å². The second-order valence-electron chi connectivity index (χ2n) is 7.59. The van der Waals surface area contributed by atoms with Crippen molar-refractivity contribution in [2.24, 2.45) is 5.92 Å². The van der Waals surface area contributed by atoms with Gasteiger partial charge < -0.3 is 15.1 Å². The summed E-state index contributed by atoms with van der Waals surface area (Å²) in [5.41, 5.74) is 3.09. The van der Waals surface area contributed by atoms with Crippen LogP contribution in [0, 0.1) is 5.92 Å². The zero-order chi connectivity index (χ0) is 24.1. The van der Waals surface area contributed by atoms with E-state index in [1.807, 2.05) is 36.4 Å². The molecule has 172 valence electrons. The predicted octanol–water partition coefficient (Wildman–Crippen LogP) is 7.27. The summed E-state index contributed by atoms with van der Waals surface area (Å²) in [5, 5.41) is 13.2. The first-order valence-electron chi connectivity index (χ1n) is 9.97. The standard InChI is InChI=1S/C24H21Cl3N2O3S/c1-13(2)22(24(31)32)28-23(30)15-8-6-14(7-9-15)16-4-3-5-17(10-16)29-33-21-12-19(26)18(25)11-20(21)27/h3-13,22,29H,1-2H3,(H,28,30)(H,31,32). The first-order chi connectivity index (χ1) is 15.7. The van der Waals surface area contributed by atoms with Crippen LogP contribution in [-0.4, -0.2) is 23.0 Å². The zero-order valence-corrected chi connectivity index (χ0v) is 20.8. The molecule has 0 aliphatic heterocycles. The SMILES string of the molecule is CC(C)C(NC(=O)c1ccc(-c2cccc(NSc3cc(Cl)c(Cl)cc3Cl)c2)cc1)C(=O)O. The van der Waals surface area contributed by atoms with E-state index >= 15 is 0 Å². The molecule has 9 heteroatoms. The van der Waals surface area contributed by atoms with Crippen LogP contribution in [0.15, 0.2) is 65.6 Å². The van der Waals surface area contributed by atoms with Crippen LogP contribution in [-0.2, 0) is 4.79 Å². The van der Waals surface area contributed by atoms with E-state index in [-0.39, 0.29) is 5.92 Å². The molecule has 0 aromatic heterocycles. The molecule has 3 aromatic rings. The average molecular weight is 524 g/mol. The predicted molar refractivity (Wildman–Crippen MR) is 137 cm³/mol. The van der Waals surface area contributed by atoms with Crippen molar-refractivity contribution < 1.29 is 14.7 Å². The maximum atomic E-state index is 12.4. The summed E-state index contributed by atoms with van der Waals surface area (Å²) in [4.78, 5) is 24.5. The molecular weight excluding hydrogens is 503 g/mol. The van der Waals surface area contributed by atoms with Gasteiger partial charge in [0.1, 0.15) is 6.04 Å². The van der Waals surface area contributed by atoms with Crippen molar-refractivity contribution in [3.63, 3.8) is 0 Å². The Labute approximate surface area is 211 Å². The Hall–Kier alpha value is -2.38. The van der Waals surface area contributed by atoms with Gasteiger partial charge in [0.15, 0.2) is 0 Å². The van der Waals surface area contributed by atoms with Gasteiger partial charge in [0.25, 0.3) is 5.91 Å². The molecule has 3 rings (SSSR count). The van der Waals surface area contributed by atoms with Crippen LogP contribution in [0.3, 0.4) is 0 Å². The zero-order valence-electron chi connectivity index (χ0n) is 17.7. The van der Waals surface area contributed by atoms with E-state index in [1.54, 1.807) is 38.1 Å². The number of amides is 1. The van der Waals surface area contributed by atoms with Gasteiger partial charge in [-0.1, -0.05) is 72.9 Å². The van der Waals surface area contributed by atoms with E-state index in [2.05, 4.69) is 10.0 Å². The van der Waals surface area contributed by atoms with Crippen molar-refractivity contribution >= 4 is 64.3 Å². The molecule has 0 fully saturated rings. The average Bonchev–Trinajstić information content (AvgIpc) is 2.78. The van der Waals surface area contributed by atoms with Crippen LogP contribution in [0.2, 0.25) is 15.1 Å². The van der Waals surface area contributed by atoms with Gasteiger partial charge in [0, 0.05) is 16.1 Å². The number of carbonyl (C=O) groups excluding carboxylic acids is 1. The fourth-order valence-corrected chi connectivity index (χ4v) is 4.43. The number of carboxylic acid groups (broad SMARTS) is 1. The fourth-order valence-electron chi connectivity index (χ4n) is 3.01. The maximum Gasteiger partial charge on any atom is 0.326 e. The van der Waals surface area contributed by atoms with Crippen molar-refractivity contribution in [2.45, 2.75) is 24.8 Å². The summed E-state index contributed by atoms with van der Waals surface area (Å²) in [6, 6.07) is 17.1. The van der Waals surface area contributed by atoms with Crippen molar-refractivity contribution in [3.8, 4) is 11.1 Å².